The van der Waals surface area contributed by atoms with E-state index in [9.17, 15) is 9.59 Å². The lowest BCUT2D eigenvalue weighted by Crippen LogP contribution is -2.23. The molecule has 6 heteroatoms. The fraction of sp³-hybridized carbons (Fsp3) is 0.296. The molecule has 1 heterocycles. The fourth-order valence-corrected chi connectivity index (χ4v) is 4.61. The first-order valence-corrected chi connectivity index (χ1v) is 11.5. The van der Waals surface area contributed by atoms with Gasteiger partial charge >= 0.3 is 0 Å². The molecule has 1 aliphatic heterocycles. The first kappa shape index (κ1) is 23.0. The van der Waals surface area contributed by atoms with Crippen LogP contribution in [0.2, 0.25) is 5.02 Å². The molecule has 33 heavy (non-hydrogen) atoms. The molecule has 3 aromatic carbocycles. The summed E-state index contributed by atoms with van der Waals surface area (Å²) in [6.45, 7) is 6.43. The van der Waals surface area contributed by atoms with Crippen molar-refractivity contribution in [3.8, 4) is 0 Å². The van der Waals surface area contributed by atoms with Crippen molar-refractivity contribution in [3.05, 3.63) is 81.9 Å². The van der Waals surface area contributed by atoms with Crippen LogP contribution in [-0.2, 0) is 15.2 Å². The Kier molecular flexibility index (Phi) is 6.52. The Morgan fingerprint density at radius 1 is 1.09 bits per heavy atom. The Balaban J connectivity index is 1.63. The Morgan fingerprint density at radius 3 is 2.58 bits per heavy atom. The first-order chi connectivity index (χ1) is 15.8. The summed E-state index contributed by atoms with van der Waals surface area (Å²) in [7, 11) is 0. The number of rotatable bonds is 7. The molecule has 0 saturated heterocycles. The normalized spacial score (nSPS) is 17.5. The summed E-state index contributed by atoms with van der Waals surface area (Å²) < 4.78 is 0. The number of nitrogens with one attached hydrogen (secondary N) is 1. The van der Waals surface area contributed by atoms with Crippen LogP contribution in [0.1, 0.15) is 60.2 Å². The van der Waals surface area contributed by atoms with Crippen LogP contribution in [0.5, 0.6) is 0 Å². The number of hydrogen-bond acceptors (Lipinski definition) is 4. The Hall–Kier alpha value is -3.18. The third-order valence-corrected chi connectivity index (χ3v) is 6.22. The summed E-state index contributed by atoms with van der Waals surface area (Å²) in [5.74, 6) is -0.160. The highest BCUT2D eigenvalue weighted by Gasteiger charge is 2.37. The summed E-state index contributed by atoms with van der Waals surface area (Å²) in [6, 6.07) is 17.5. The second kappa shape index (κ2) is 9.36. The molecule has 0 bridgehead atoms. The van der Waals surface area contributed by atoms with Crippen molar-refractivity contribution < 1.29 is 14.4 Å². The summed E-state index contributed by atoms with van der Waals surface area (Å²) >= 11 is 6.28. The van der Waals surface area contributed by atoms with Gasteiger partial charge in [-0.3, -0.25) is 9.59 Å². The van der Waals surface area contributed by atoms with Crippen molar-refractivity contribution in [1.82, 2.24) is 5.32 Å². The SMILES string of the molecule is CCNC(=O)CCC(=O)c1ccc(C2=NOC(C)(c3cc(C)cc(Cl)c3)C2)c2ccccc12. The van der Waals surface area contributed by atoms with E-state index in [2.05, 4.69) is 16.5 Å². The van der Waals surface area contributed by atoms with Crippen LogP contribution >= 0.6 is 11.6 Å². The summed E-state index contributed by atoms with van der Waals surface area (Å²) in [4.78, 5) is 30.6. The van der Waals surface area contributed by atoms with E-state index in [1.807, 2.05) is 69.3 Å². The maximum Gasteiger partial charge on any atom is 0.220 e. The topological polar surface area (TPSA) is 67.8 Å². The summed E-state index contributed by atoms with van der Waals surface area (Å²) in [5.41, 5.74) is 3.81. The van der Waals surface area contributed by atoms with Gasteiger partial charge in [0.25, 0.3) is 0 Å². The number of halogens is 1. The minimum Gasteiger partial charge on any atom is -0.384 e. The highest BCUT2D eigenvalue weighted by Crippen LogP contribution is 2.39. The van der Waals surface area contributed by atoms with E-state index in [1.165, 1.54) is 0 Å². The van der Waals surface area contributed by atoms with Gasteiger partial charge in [-0.05, 0) is 54.8 Å². The van der Waals surface area contributed by atoms with Crippen LogP contribution < -0.4 is 5.32 Å². The number of aryl methyl sites for hydroxylation is 1. The van der Waals surface area contributed by atoms with Gasteiger partial charge in [-0.2, -0.15) is 0 Å². The average molecular weight is 463 g/mol. The van der Waals surface area contributed by atoms with Crippen LogP contribution in [0.3, 0.4) is 0 Å². The lowest BCUT2D eigenvalue weighted by molar-refractivity contribution is -0.120. The number of carbonyl (C=O) groups excluding carboxylic acids is 2. The molecule has 1 N–H and O–H groups in total. The van der Waals surface area contributed by atoms with Gasteiger partial charge in [-0.15, -0.1) is 0 Å². The highest BCUT2D eigenvalue weighted by atomic mass is 35.5. The van der Waals surface area contributed by atoms with Crippen LogP contribution in [0.15, 0.2) is 59.8 Å². The Morgan fingerprint density at radius 2 is 1.85 bits per heavy atom. The van der Waals surface area contributed by atoms with Gasteiger partial charge in [0.05, 0.1) is 5.71 Å². The molecule has 5 nitrogen and oxygen atoms in total. The maximum atomic E-state index is 12.9. The molecule has 0 saturated carbocycles. The number of nitrogens with zero attached hydrogens (tertiary/aromatic N) is 1. The Bertz CT molecular complexity index is 1250. The molecule has 170 valence electrons. The minimum atomic E-state index is -0.618. The van der Waals surface area contributed by atoms with Crippen molar-refractivity contribution in [2.75, 3.05) is 6.54 Å². The number of amides is 1. The molecule has 4 rings (SSSR count). The average Bonchev–Trinajstić information content (AvgIpc) is 3.19. The van der Waals surface area contributed by atoms with Gasteiger partial charge in [0.2, 0.25) is 5.91 Å². The lowest BCUT2D eigenvalue weighted by Gasteiger charge is -2.22. The molecule has 1 unspecified atom stereocenters. The quantitative estimate of drug-likeness (QED) is 0.442. The summed E-state index contributed by atoms with van der Waals surface area (Å²) in [6.07, 6.45) is 0.938. The van der Waals surface area contributed by atoms with Gasteiger partial charge < -0.3 is 10.2 Å². The number of hydrogen-bond donors (Lipinski definition) is 1. The molecular formula is C27H27ClN2O3. The number of fused-ring (bicyclic) bond motifs is 1. The smallest absolute Gasteiger partial charge is 0.220 e. The second-order valence-electron chi connectivity index (χ2n) is 8.64. The van der Waals surface area contributed by atoms with Gasteiger partial charge in [0.1, 0.15) is 0 Å². The van der Waals surface area contributed by atoms with Crippen LogP contribution in [-0.4, -0.2) is 23.9 Å². The molecule has 1 aliphatic rings. The van der Waals surface area contributed by atoms with E-state index in [1.54, 1.807) is 0 Å². The third-order valence-electron chi connectivity index (χ3n) is 6.00. The predicted molar refractivity (Wildman–Crippen MR) is 132 cm³/mol. The molecule has 0 radical (unpaired) electrons. The van der Waals surface area contributed by atoms with Crippen molar-refractivity contribution >= 4 is 39.8 Å². The predicted octanol–water partition coefficient (Wildman–Crippen LogP) is 5.94. The molecule has 0 spiro atoms. The van der Waals surface area contributed by atoms with Crippen LogP contribution in [0, 0.1) is 6.92 Å². The molecule has 1 atom stereocenters. The number of Topliss-reactive ketones (excluding diaryl/α,β-unsaturated/α-hetero) is 1. The third kappa shape index (κ3) is 4.79. The van der Waals surface area contributed by atoms with E-state index < -0.39 is 5.60 Å². The molecule has 1 amide bonds. The zero-order valence-corrected chi connectivity index (χ0v) is 19.8. The van der Waals surface area contributed by atoms with Crippen molar-refractivity contribution in [2.45, 2.75) is 45.6 Å². The monoisotopic (exact) mass is 462 g/mol. The van der Waals surface area contributed by atoms with E-state index >= 15 is 0 Å². The van der Waals surface area contributed by atoms with Gasteiger partial charge in [-0.1, -0.05) is 59.2 Å². The second-order valence-corrected chi connectivity index (χ2v) is 9.07. The molecule has 0 aliphatic carbocycles. The first-order valence-electron chi connectivity index (χ1n) is 11.2. The number of benzene rings is 3. The zero-order valence-electron chi connectivity index (χ0n) is 19.1. The van der Waals surface area contributed by atoms with Crippen LogP contribution in [0.25, 0.3) is 10.8 Å². The molecule has 0 aromatic heterocycles. The van der Waals surface area contributed by atoms with E-state index in [0.29, 0.717) is 23.6 Å². The van der Waals surface area contributed by atoms with E-state index in [-0.39, 0.29) is 24.5 Å². The van der Waals surface area contributed by atoms with E-state index in [0.717, 1.165) is 33.2 Å². The molecule has 3 aromatic rings. The lowest BCUT2D eigenvalue weighted by atomic mass is 9.86. The Labute approximate surface area is 198 Å². The van der Waals surface area contributed by atoms with Crippen LogP contribution in [0.4, 0.5) is 0 Å². The van der Waals surface area contributed by atoms with Gasteiger partial charge in [-0.25, -0.2) is 0 Å². The number of ketones is 1. The fourth-order valence-electron chi connectivity index (χ4n) is 4.32. The standard InChI is InChI=1S/C27H27ClN2O3/c1-4-29-26(32)12-11-25(31)23-10-9-22(20-7-5-6-8-21(20)23)24-16-27(3,33-30-24)18-13-17(2)14-19(28)15-18/h5-10,13-15H,4,11-12,16H2,1-3H3,(H,29,32). The van der Waals surface area contributed by atoms with E-state index in [4.69, 9.17) is 16.4 Å². The number of carbonyl (C=O) groups is 2. The highest BCUT2D eigenvalue weighted by molar-refractivity contribution is 6.30. The molecular weight excluding hydrogens is 436 g/mol. The largest absolute Gasteiger partial charge is 0.384 e. The number of oxime groups is 1. The van der Waals surface area contributed by atoms with Crippen molar-refractivity contribution in [2.24, 2.45) is 5.16 Å². The van der Waals surface area contributed by atoms with Crippen molar-refractivity contribution in [1.29, 1.82) is 0 Å². The molecule has 0 fully saturated rings. The van der Waals surface area contributed by atoms with Gasteiger partial charge in [0.15, 0.2) is 11.4 Å². The minimum absolute atomic E-state index is 0.0483. The summed E-state index contributed by atoms with van der Waals surface area (Å²) in [5, 5.41) is 9.63. The maximum absolute atomic E-state index is 12.9. The van der Waals surface area contributed by atoms with Gasteiger partial charge in [0, 0.05) is 42.0 Å². The van der Waals surface area contributed by atoms with Crippen molar-refractivity contribution in [3.63, 3.8) is 0 Å². The zero-order chi connectivity index (χ0) is 23.6.